The fourth-order valence-corrected chi connectivity index (χ4v) is 1.40. The number of hydrogen-bond acceptors (Lipinski definition) is 4. The second-order valence-corrected chi connectivity index (χ2v) is 3.51. The van der Waals surface area contributed by atoms with Crippen LogP contribution in [0.1, 0.15) is 6.42 Å². The summed E-state index contributed by atoms with van der Waals surface area (Å²) < 4.78 is 5.00. The molecule has 0 aromatic carbocycles. The Labute approximate surface area is 82.9 Å². The highest BCUT2D eigenvalue weighted by Gasteiger charge is 2.36. The van der Waals surface area contributed by atoms with E-state index in [-0.39, 0.29) is 6.61 Å². The van der Waals surface area contributed by atoms with Crippen molar-refractivity contribution in [2.45, 2.75) is 12.5 Å². The van der Waals surface area contributed by atoms with Crippen LogP contribution in [0.25, 0.3) is 0 Å². The van der Waals surface area contributed by atoms with Gasteiger partial charge in [-0.3, -0.25) is 0 Å². The monoisotopic (exact) mass is 194 g/mol. The van der Waals surface area contributed by atoms with Crippen molar-refractivity contribution in [1.29, 1.82) is 0 Å². The first kappa shape index (κ1) is 9.27. The predicted molar refractivity (Wildman–Crippen MR) is 53.4 cm³/mol. The molecular formula is C10H14N2O2. The smallest absolute Gasteiger partial charge is 0.137 e. The molecule has 76 valence electrons. The Kier molecular flexibility index (Phi) is 2.54. The van der Waals surface area contributed by atoms with Crippen LogP contribution in [0.15, 0.2) is 18.3 Å². The third-order valence-corrected chi connectivity index (χ3v) is 2.46. The van der Waals surface area contributed by atoms with Crippen molar-refractivity contribution >= 4 is 5.82 Å². The molecule has 1 heterocycles. The summed E-state index contributed by atoms with van der Waals surface area (Å²) in [5.41, 5.74) is 0. The Morgan fingerprint density at radius 3 is 3.00 bits per heavy atom. The number of anilines is 1. The van der Waals surface area contributed by atoms with E-state index in [0.29, 0.717) is 12.0 Å². The van der Waals surface area contributed by atoms with E-state index in [0.717, 1.165) is 18.0 Å². The number of aliphatic hydroxyl groups excluding tert-OH is 1. The van der Waals surface area contributed by atoms with Gasteiger partial charge in [0.15, 0.2) is 0 Å². The molecule has 0 aliphatic heterocycles. The van der Waals surface area contributed by atoms with E-state index in [1.54, 1.807) is 13.3 Å². The van der Waals surface area contributed by atoms with Gasteiger partial charge in [0.25, 0.3) is 0 Å². The summed E-state index contributed by atoms with van der Waals surface area (Å²) in [5.74, 6) is 2.00. The van der Waals surface area contributed by atoms with Gasteiger partial charge in [0.1, 0.15) is 11.6 Å². The van der Waals surface area contributed by atoms with Crippen LogP contribution >= 0.6 is 0 Å². The molecule has 0 bridgehead atoms. The average Bonchev–Trinajstić information content (AvgIpc) is 2.98. The summed E-state index contributed by atoms with van der Waals surface area (Å²) in [7, 11) is 1.62. The zero-order chi connectivity index (χ0) is 9.97. The highest BCUT2D eigenvalue weighted by molar-refractivity contribution is 5.40. The fourth-order valence-electron chi connectivity index (χ4n) is 1.40. The highest BCUT2D eigenvalue weighted by atomic mass is 16.5. The number of ether oxygens (including phenoxy) is 1. The van der Waals surface area contributed by atoms with Crippen molar-refractivity contribution < 1.29 is 9.84 Å². The van der Waals surface area contributed by atoms with E-state index in [1.165, 1.54) is 0 Å². The number of rotatable bonds is 4. The summed E-state index contributed by atoms with van der Waals surface area (Å²) in [6.45, 7) is 0.258. The van der Waals surface area contributed by atoms with Crippen LogP contribution in [0.5, 0.6) is 5.75 Å². The lowest BCUT2D eigenvalue weighted by molar-refractivity contribution is 0.275. The van der Waals surface area contributed by atoms with Crippen molar-refractivity contribution in [2.75, 3.05) is 19.0 Å². The van der Waals surface area contributed by atoms with Gasteiger partial charge in [0.05, 0.1) is 13.3 Å². The Balaban J connectivity index is 1.91. The maximum absolute atomic E-state index is 8.86. The number of aliphatic hydroxyl groups is 1. The molecule has 1 aromatic heterocycles. The first-order valence-corrected chi connectivity index (χ1v) is 4.71. The maximum atomic E-state index is 8.86. The number of aromatic nitrogens is 1. The number of nitrogens with one attached hydrogen (secondary N) is 1. The second-order valence-electron chi connectivity index (χ2n) is 3.51. The van der Waals surface area contributed by atoms with E-state index in [9.17, 15) is 0 Å². The first-order chi connectivity index (χ1) is 6.83. The van der Waals surface area contributed by atoms with Crippen LogP contribution in [0.4, 0.5) is 5.82 Å². The molecule has 14 heavy (non-hydrogen) atoms. The summed E-state index contributed by atoms with van der Waals surface area (Å²) in [6.07, 6.45) is 2.71. The normalized spacial score (nSPS) is 24.4. The third kappa shape index (κ3) is 1.96. The Bertz CT molecular complexity index is 299. The molecule has 0 spiro atoms. The van der Waals surface area contributed by atoms with Gasteiger partial charge in [-0.05, 0) is 18.6 Å². The molecule has 1 aliphatic carbocycles. The molecule has 0 saturated heterocycles. The third-order valence-electron chi connectivity index (χ3n) is 2.46. The van der Waals surface area contributed by atoms with Crippen LogP contribution in [0.3, 0.4) is 0 Å². The van der Waals surface area contributed by atoms with Crippen LogP contribution in [-0.2, 0) is 0 Å². The molecule has 2 rings (SSSR count). The molecule has 4 nitrogen and oxygen atoms in total. The molecule has 2 atom stereocenters. The topological polar surface area (TPSA) is 54.4 Å². The van der Waals surface area contributed by atoms with Crippen molar-refractivity contribution in [1.82, 2.24) is 4.98 Å². The molecule has 4 heteroatoms. The minimum absolute atomic E-state index is 0.258. The van der Waals surface area contributed by atoms with Crippen molar-refractivity contribution in [2.24, 2.45) is 5.92 Å². The van der Waals surface area contributed by atoms with E-state index >= 15 is 0 Å². The molecule has 1 aliphatic rings. The molecule has 0 unspecified atom stereocenters. The summed E-state index contributed by atoms with van der Waals surface area (Å²) in [4.78, 5) is 4.18. The largest absolute Gasteiger partial charge is 0.495 e. The summed E-state index contributed by atoms with van der Waals surface area (Å²) >= 11 is 0. The second kappa shape index (κ2) is 3.84. The molecule has 0 amide bonds. The van der Waals surface area contributed by atoms with Crippen molar-refractivity contribution in [3.8, 4) is 5.75 Å². The molecular weight excluding hydrogens is 180 g/mol. The van der Waals surface area contributed by atoms with Crippen LogP contribution < -0.4 is 10.1 Å². The van der Waals surface area contributed by atoms with E-state index in [4.69, 9.17) is 9.84 Å². The van der Waals surface area contributed by atoms with Gasteiger partial charge in [0, 0.05) is 18.6 Å². The fraction of sp³-hybridized carbons (Fsp3) is 0.500. The Morgan fingerprint density at radius 1 is 1.64 bits per heavy atom. The Hall–Kier alpha value is -1.29. The van der Waals surface area contributed by atoms with Gasteiger partial charge >= 0.3 is 0 Å². The number of nitrogens with zero attached hydrogens (tertiary/aromatic N) is 1. The standard InChI is InChI=1S/C10H14N2O2/c1-14-8-2-3-10(11-5-8)12-9-4-7(9)6-13/h2-3,5,7,9,13H,4,6H2,1H3,(H,11,12)/t7-,9+/m0/s1. The molecule has 2 N–H and O–H groups in total. The van der Waals surface area contributed by atoms with Gasteiger partial charge in [-0.1, -0.05) is 0 Å². The molecule has 1 saturated carbocycles. The minimum Gasteiger partial charge on any atom is -0.495 e. The molecule has 1 aromatic rings. The van der Waals surface area contributed by atoms with Gasteiger partial charge in [-0.2, -0.15) is 0 Å². The molecule has 1 fully saturated rings. The summed E-state index contributed by atoms with van der Waals surface area (Å²) in [5, 5.41) is 12.1. The van der Waals surface area contributed by atoms with Crippen LogP contribution in [0, 0.1) is 5.92 Å². The Morgan fingerprint density at radius 2 is 2.50 bits per heavy atom. The number of pyridine rings is 1. The van der Waals surface area contributed by atoms with Gasteiger partial charge in [-0.25, -0.2) is 4.98 Å². The van der Waals surface area contributed by atoms with E-state index in [2.05, 4.69) is 10.3 Å². The van der Waals surface area contributed by atoms with Gasteiger partial charge in [0.2, 0.25) is 0 Å². The van der Waals surface area contributed by atoms with Crippen molar-refractivity contribution in [3.05, 3.63) is 18.3 Å². The van der Waals surface area contributed by atoms with Crippen molar-refractivity contribution in [3.63, 3.8) is 0 Å². The highest BCUT2D eigenvalue weighted by Crippen LogP contribution is 2.32. The zero-order valence-corrected chi connectivity index (χ0v) is 8.10. The van der Waals surface area contributed by atoms with E-state index < -0.39 is 0 Å². The average molecular weight is 194 g/mol. The molecule has 0 radical (unpaired) electrons. The quantitative estimate of drug-likeness (QED) is 0.747. The van der Waals surface area contributed by atoms with Crippen LogP contribution in [-0.4, -0.2) is 29.8 Å². The van der Waals surface area contributed by atoms with Gasteiger partial charge in [-0.15, -0.1) is 0 Å². The van der Waals surface area contributed by atoms with Gasteiger partial charge < -0.3 is 15.2 Å². The number of methoxy groups -OCH3 is 1. The lowest BCUT2D eigenvalue weighted by Gasteiger charge is -2.04. The zero-order valence-electron chi connectivity index (χ0n) is 8.10. The maximum Gasteiger partial charge on any atom is 0.137 e. The predicted octanol–water partition coefficient (Wildman–Crippen LogP) is 0.883. The minimum atomic E-state index is 0.258. The number of hydrogen-bond donors (Lipinski definition) is 2. The van der Waals surface area contributed by atoms with Crippen LogP contribution in [0.2, 0.25) is 0 Å². The van der Waals surface area contributed by atoms with E-state index in [1.807, 2.05) is 12.1 Å². The lowest BCUT2D eigenvalue weighted by Crippen LogP contribution is -2.07. The lowest BCUT2D eigenvalue weighted by atomic mass is 10.4. The summed E-state index contributed by atoms with van der Waals surface area (Å²) in [6, 6.07) is 4.14. The SMILES string of the molecule is COc1ccc(N[C@@H]2C[C@H]2CO)nc1. The first-order valence-electron chi connectivity index (χ1n) is 4.71.